The molecular weight excluding hydrogens is 436 g/mol. The number of aliphatic hydroxyl groups is 2. The third-order valence-electron chi connectivity index (χ3n) is 6.61. The number of aliphatic hydroxyl groups excluding tert-OH is 1. The smallest absolute Gasteiger partial charge is 0.373 e. The van der Waals surface area contributed by atoms with Gasteiger partial charge in [0.05, 0.1) is 55.8 Å². The van der Waals surface area contributed by atoms with Crippen molar-refractivity contribution in [1.82, 2.24) is 24.7 Å². The van der Waals surface area contributed by atoms with E-state index in [2.05, 4.69) is 10.2 Å². The van der Waals surface area contributed by atoms with Crippen molar-refractivity contribution in [2.75, 3.05) is 32.8 Å². The fraction of sp³-hybridized carbons (Fsp3) is 0.667. The third kappa shape index (κ3) is 4.36. The molecule has 2 amide bonds. The molecule has 34 heavy (non-hydrogen) atoms. The van der Waals surface area contributed by atoms with Gasteiger partial charge in [-0.1, -0.05) is 41.5 Å². The number of nitrogens with zero attached hydrogens (tertiary/aromatic N) is 5. The number of aromatic nitrogens is 4. The van der Waals surface area contributed by atoms with Gasteiger partial charge in [0.25, 0.3) is 0 Å². The molecule has 2 aromatic heterocycles. The Kier molecular flexibility index (Phi) is 5.68. The summed E-state index contributed by atoms with van der Waals surface area (Å²) in [4.78, 5) is 28.3. The summed E-state index contributed by atoms with van der Waals surface area (Å²) in [7, 11) is 0. The number of amides is 2. The van der Waals surface area contributed by atoms with Gasteiger partial charge in [0.2, 0.25) is 11.8 Å². The summed E-state index contributed by atoms with van der Waals surface area (Å²) in [5.41, 5.74) is -1.66. The number of hydrogen-bond acceptors (Lipinski definition) is 5. The second-order valence-corrected chi connectivity index (χ2v) is 12.0. The number of rotatable bonds is 5. The van der Waals surface area contributed by atoms with Gasteiger partial charge in [0.15, 0.2) is 0 Å². The van der Waals surface area contributed by atoms with Gasteiger partial charge >= 0.3 is 5.82 Å². The first-order chi connectivity index (χ1) is 15.7. The molecule has 4 rings (SSSR count). The number of carbonyl (C=O) groups excluding carboxylic acids is 2. The van der Waals surface area contributed by atoms with Crippen LogP contribution in [0.3, 0.4) is 0 Å². The van der Waals surface area contributed by atoms with Gasteiger partial charge in [0.1, 0.15) is 17.3 Å². The average molecular weight is 474 g/mol. The molecule has 2 aliphatic rings. The second kappa shape index (κ2) is 7.91. The van der Waals surface area contributed by atoms with E-state index in [1.165, 1.54) is 0 Å². The highest BCUT2D eigenvalue weighted by atomic mass is 16.3. The van der Waals surface area contributed by atoms with Crippen molar-refractivity contribution in [2.45, 2.75) is 59.1 Å². The number of β-amino-alcohol motifs (C(OH)–C–C–N with tert-alkyl or cyclic N) is 1. The summed E-state index contributed by atoms with van der Waals surface area (Å²) in [5, 5.41) is 28.8. The van der Waals surface area contributed by atoms with Crippen LogP contribution in [0.15, 0.2) is 24.5 Å². The number of aromatic amines is 1. The third-order valence-corrected chi connectivity index (χ3v) is 6.61. The Hall–Kier alpha value is -2.72. The Morgan fingerprint density at radius 1 is 1.03 bits per heavy atom. The minimum Gasteiger partial charge on any atom is -0.394 e. The van der Waals surface area contributed by atoms with Crippen LogP contribution >= 0.6 is 0 Å². The SMILES string of the molecule is CC(C)(C)C(=O)N1CC(O)(Cc2cc[n+](-c3ccn(C4(CO)CN(C(=O)C(C)(C)C)C4)n3)[nH]2)C1. The van der Waals surface area contributed by atoms with Crippen molar-refractivity contribution in [3.05, 3.63) is 30.2 Å². The Balaban J connectivity index is 1.40. The van der Waals surface area contributed by atoms with E-state index in [1.807, 2.05) is 66.1 Å². The highest BCUT2D eigenvalue weighted by Gasteiger charge is 2.51. The maximum absolute atomic E-state index is 12.5. The minimum absolute atomic E-state index is 0.0424. The Morgan fingerprint density at radius 3 is 2.12 bits per heavy atom. The van der Waals surface area contributed by atoms with Crippen LogP contribution in [0.2, 0.25) is 0 Å². The van der Waals surface area contributed by atoms with Gasteiger partial charge in [-0.25, -0.2) is 5.10 Å². The molecule has 2 aromatic rings. The van der Waals surface area contributed by atoms with E-state index in [9.17, 15) is 19.8 Å². The number of nitrogens with one attached hydrogen (secondary N) is 1. The van der Waals surface area contributed by atoms with Crippen LogP contribution in [-0.2, 0) is 21.5 Å². The summed E-state index contributed by atoms with van der Waals surface area (Å²) >= 11 is 0. The highest BCUT2D eigenvalue weighted by molar-refractivity contribution is 5.83. The molecule has 10 heteroatoms. The maximum atomic E-state index is 12.5. The molecule has 10 nitrogen and oxygen atoms in total. The second-order valence-electron chi connectivity index (χ2n) is 12.0. The van der Waals surface area contributed by atoms with E-state index < -0.39 is 22.0 Å². The highest BCUT2D eigenvalue weighted by Crippen LogP contribution is 2.32. The summed E-state index contributed by atoms with van der Waals surface area (Å²) in [6, 6.07) is 3.73. The fourth-order valence-corrected chi connectivity index (χ4v) is 4.68. The van der Waals surface area contributed by atoms with Crippen molar-refractivity contribution in [2.24, 2.45) is 10.8 Å². The van der Waals surface area contributed by atoms with Crippen molar-refractivity contribution in [1.29, 1.82) is 0 Å². The number of likely N-dealkylation sites (tertiary alicyclic amines) is 2. The monoisotopic (exact) mass is 473 g/mol. The molecule has 2 aliphatic heterocycles. The Labute approximate surface area is 200 Å². The predicted molar refractivity (Wildman–Crippen MR) is 124 cm³/mol. The lowest BCUT2D eigenvalue weighted by atomic mass is 9.85. The molecule has 0 bridgehead atoms. The van der Waals surface area contributed by atoms with Crippen LogP contribution < -0.4 is 4.68 Å². The molecule has 0 saturated carbocycles. The molecule has 4 heterocycles. The molecule has 2 fully saturated rings. The topological polar surface area (TPSA) is 119 Å². The van der Waals surface area contributed by atoms with Crippen LogP contribution in [0, 0.1) is 10.8 Å². The van der Waals surface area contributed by atoms with Crippen LogP contribution in [0.25, 0.3) is 5.82 Å². The summed E-state index contributed by atoms with van der Waals surface area (Å²) in [6.07, 6.45) is 4.05. The quantitative estimate of drug-likeness (QED) is 0.537. The van der Waals surface area contributed by atoms with Gasteiger partial charge in [-0.05, 0) is 0 Å². The molecule has 3 N–H and O–H groups in total. The normalized spacial score (nSPS) is 19.5. The first-order valence-electron chi connectivity index (χ1n) is 11.7. The predicted octanol–water partition coefficient (Wildman–Crippen LogP) is 0.226. The number of carbonyl (C=O) groups is 2. The minimum atomic E-state index is -0.946. The van der Waals surface area contributed by atoms with Gasteiger partial charge in [-0.2, -0.15) is 4.68 Å². The molecule has 186 valence electrons. The molecule has 0 atom stereocenters. The maximum Gasteiger partial charge on any atom is 0.373 e. The largest absolute Gasteiger partial charge is 0.394 e. The van der Waals surface area contributed by atoms with Crippen molar-refractivity contribution in [3.8, 4) is 5.82 Å². The zero-order valence-electron chi connectivity index (χ0n) is 21.0. The van der Waals surface area contributed by atoms with Gasteiger partial charge in [0, 0.05) is 23.3 Å². The van der Waals surface area contributed by atoms with E-state index in [1.54, 1.807) is 19.2 Å². The average Bonchev–Trinajstić information content (AvgIpc) is 3.33. The lowest BCUT2D eigenvalue weighted by Crippen LogP contribution is -2.67. The number of H-pyrrole nitrogens is 1. The van der Waals surface area contributed by atoms with E-state index in [0.29, 0.717) is 38.4 Å². The standard InChI is InChI=1S/C24H36N6O4/c1-21(2,3)19(32)27-12-23(13-27,16-31)30-10-8-18(26-30)29-9-7-17(25-29)11-24(34)14-28(15-24)20(33)22(4,5)6/h7-10,31,34H,11-16H2,1-6H3/p+1. The van der Waals surface area contributed by atoms with E-state index in [4.69, 9.17) is 0 Å². The molecule has 0 aromatic carbocycles. The molecule has 0 radical (unpaired) electrons. The zero-order chi connectivity index (χ0) is 25.1. The van der Waals surface area contributed by atoms with Gasteiger partial charge < -0.3 is 20.0 Å². The Bertz CT molecular complexity index is 1080. The first-order valence-corrected chi connectivity index (χ1v) is 11.7. The molecule has 2 saturated heterocycles. The Morgan fingerprint density at radius 2 is 1.59 bits per heavy atom. The molecule has 0 aliphatic carbocycles. The lowest BCUT2D eigenvalue weighted by Gasteiger charge is -2.49. The van der Waals surface area contributed by atoms with Gasteiger partial charge in [-0.3, -0.25) is 9.59 Å². The van der Waals surface area contributed by atoms with Crippen LogP contribution in [0.4, 0.5) is 0 Å². The summed E-state index contributed by atoms with van der Waals surface area (Å²) in [5.74, 6) is 0.745. The van der Waals surface area contributed by atoms with Crippen LogP contribution in [0.5, 0.6) is 0 Å². The summed E-state index contributed by atoms with van der Waals surface area (Å²) < 4.78 is 3.49. The van der Waals surface area contributed by atoms with Crippen LogP contribution in [-0.4, -0.2) is 85.1 Å². The van der Waals surface area contributed by atoms with E-state index in [0.717, 1.165) is 5.69 Å². The van der Waals surface area contributed by atoms with E-state index in [-0.39, 0.29) is 18.4 Å². The molecular formula is C24H37N6O4+. The van der Waals surface area contributed by atoms with E-state index >= 15 is 0 Å². The summed E-state index contributed by atoms with van der Waals surface area (Å²) in [6.45, 7) is 12.7. The van der Waals surface area contributed by atoms with Gasteiger partial charge in [-0.15, -0.1) is 4.68 Å². The van der Waals surface area contributed by atoms with Crippen molar-refractivity contribution < 1.29 is 24.5 Å². The molecule has 0 spiro atoms. The van der Waals surface area contributed by atoms with Crippen molar-refractivity contribution >= 4 is 11.8 Å². The first kappa shape index (κ1) is 24.4. The number of hydrogen-bond donors (Lipinski definition) is 3. The lowest BCUT2D eigenvalue weighted by molar-refractivity contribution is -0.659. The molecule has 0 unspecified atom stereocenters. The fourth-order valence-electron chi connectivity index (χ4n) is 4.68. The van der Waals surface area contributed by atoms with Crippen molar-refractivity contribution in [3.63, 3.8) is 0 Å². The van der Waals surface area contributed by atoms with Crippen LogP contribution in [0.1, 0.15) is 47.2 Å². The zero-order valence-corrected chi connectivity index (χ0v) is 21.0.